The van der Waals surface area contributed by atoms with Crippen molar-refractivity contribution in [1.82, 2.24) is 0 Å². The van der Waals surface area contributed by atoms with Gasteiger partial charge in [0.25, 0.3) is 0 Å². The van der Waals surface area contributed by atoms with Crippen LogP contribution < -0.4 is 5.73 Å². The van der Waals surface area contributed by atoms with E-state index < -0.39 is 6.09 Å². The molecule has 1 aliphatic rings. The number of primary amides is 1. The Bertz CT molecular complexity index is 224. The lowest BCUT2D eigenvalue weighted by molar-refractivity contribution is 0.101. The van der Waals surface area contributed by atoms with Gasteiger partial charge in [0, 0.05) is 4.91 Å². The van der Waals surface area contributed by atoms with Gasteiger partial charge in [0.2, 0.25) is 0 Å². The predicted octanol–water partition coefficient (Wildman–Crippen LogP) is 1.31. The molecule has 0 aromatic heterocycles. The van der Waals surface area contributed by atoms with Crippen LogP contribution in [0.2, 0.25) is 0 Å². The van der Waals surface area contributed by atoms with Gasteiger partial charge < -0.3 is 10.5 Å². The summed E-state index contributed by atoms with van der Waals surface area (Å²) in [6, 6.07) is -0.234. The molecule has 1 amide bonds. The summed E-state index contributed by atoms with van der Waals surface area (Å²) in [5.74, 6) is 0. The van der Waals surface area contributed by atoms with E-state index in [0.29, 0.717) is 0 Å². The van der Waals surface area contributed by atoms with Crippen LogP contribution in [-0.2, 0) is 4.74 Å². The quantitative estimate of drug-likeness (QED) is 0.383. The number of hydrogen-bond donors (Lipinski definition) is 1. The lowest BCUT2D eigenvalue weighted by Crippen LogP contribution is -2.27. The highest BCUT2D eigenvalue weighted by Crippen LogP contribution is 2.24. The first-order chi connectivity index (χ1) is 5.74. The largest absolute Gasteiger partial charge is 0.446 e. The van der Waals surface area contributed by atoms with Crippen molar-refractivity contribution in [3.8, 4) is 0 Å². The van der Waals surface area contributed by atoms with Crippen LogP contribution in [-0.4, -0.2) is 18.2 Å². The topological polar surface area (TPSA) is 101 Å². The fourth-order valence-corrected chi connectivity index (χ4v) is 1.39. The molecule has 1 aliphatic carbocycles. The van der Waals surface area contributed by atoms with E-state index >= 15 is 0 Å². The fraction of sp³-hybridized carbons (Fsp3) is 0.833. The van der Waals surface area contributed by atoms with Gasteiger partial charge in [-0.15, -0.1) is 0 Å². The summed E-state index contributed by atoms with van der Waals surface area (Å²) in [7, 11) is 0. The number of carbonyl (C=O) groups is 1. The van der Waals surface area contributed by atoms with E-state index in [9.17, 15) is 4.79 Å². The lowest BCUT2D eigenvalue weighted by Gasteiger charge is -2.13. The zero-order valence-corrected chi connectivity index (χ0v) is 6.51. The van der Waals surface area contributed by atoms with Gasteiger partial charge in [-0.1, -0.05) is 5.11 Å². The third kappa shape index (κ3) is 2.03. The molecule has 0 aliphatic heterocycles. The van der Waals surface area contributed by atoms with E-state index in [1.165, 1.54) is 0 Å². The molecule has 66 valence electrons. The average molecular weight is 170 g/mol. The SMILES string of the molecule is [N-]=[N+]=NC1CCCC1OC(N)=O. The third-order valence-corrected chi connectivity index (χ3v) is 1.89. The lowest BCUT2D eigenvalue weighted by atomic mass is 10.2. The van der Waals surface area contributed by atoms with Gasteiger partial charge in [0.15, 0.2) is 0 Å². The minimum atomic E-state index is -0.806. The Morgan fingerprint density at radius 1 is 1.67 bits per heavy atom. The molecule has 6 nitrogen and oxygen atoms in total. The van der Waals surface area contributed by atoms with E-state index in [0.717, 1.165) is 19.3 Å². The molecule has 0 bridgehead atoms. The Morgan fingerprint density at radius 3 is 3.00 bits per heavy atom. The van der Waals surface area contributed by atoms with Crippen LogP contribution in [0.3, 0.4) is 0 Å². The van der Waals surface area contributed by atoms with Crippen molar-refractivity contribution in [2.75, 3.05) is 0 Å². The van der Waals surface area contributed by atoms with Crippen molar-refractivity contribution in [3.05, 3.63) is 10.4 Å². The van der Waals surface area contributed by atoms with Gasteiger partial charge in [-0.25, -0.2) is 4.79 Å². The van der Waals surface area contributed by atoms with Gasteiger partial charge >= 0.3 is 6.09 Å². The molecule has 0 radical (unpaired) electrons. The van der Waals surface area contributed by atoms with Crippen LogP contribution >= 0.6 is 0 Å². The zero-order valence-electron chi connectivity index (χ0n) is 6.51. The minimum Gasteiger partial charge on any atom is -0.446 e. The summed E-state index contributed by atoms with van der Waals surface area (Å²) < 4.78 is 4.75. The van der Waals surface area contributed by atoms with Crippen molar-refractivity contribution < 1.29 is 9.53 Å². The monoisotopic (exact) mass is 170 g/mol. The molecule has 1 fully saturated rings. The van der Waals surface area contributed by atoms with Crippen LogP contribution in [0.1, 0.15) is 19.3 Å². The molecule has 12 heavy (non-hydrogen) atoms. The summed E-state index contributed by atoms with van der Waals surface area (Å²) in [5.41, 5.74) is 13.0. The Hall–Kier alpha value is -1.42. The van der Waals surface area contributed by atoms with Crippen LogP contribution in [0, 0.1) is 0 Å². The number of ether oxygens (including phenoxy) is 1. The maximum absolute atomic E-state index is 10.4. The van der Waals surface area contributed by atoms with Gasteiger partial charge in [-0.2, -0.15) is 0 Å². The summed E-state index contributed by atoms with van der Waals surface area (Å²) in [4.78, 5) is 13.0. The molecular formula is C6H10N4O2. The second-order valence-electron chi connectivity index (χ2n) is 2.68. The Kier molecular flexibility index (Phi) is 2.76. The average Bonchev–Trinajstić information content (AvgIpc) is 2.37. The Labute approximate surface area is 69.3 Å². The van der Waals surface area contributed by atoms with Crippen LogP contribution in [0.15, 0.2) is 5.11 Å². The van der Waals surface area contributed by atoms with E-state index in [1.54, 1.807) is 0 Å². The highest BCUT2D eigenvalue weighted by atomic mass is 16.6. The van der Waals surface area contributed by atoms with Crippen molar-refractivity contribution in [1.29, 1.82) is 0 Å². The van der Waals surface area contributed by atoms with Crippen molar-refractivity contribution in [2.24, 2.45) is 10.8 Å². The molecule has 1 rings (SSSR count). The van der Waals surface area contributed by atoms with Gasteiger partial charge in [-0.05, 0) is 24.8 Å². The van der Waals surface area contributed by atoms with Gasteiger partial charge in [-0.3, -0.25) is 0 Å². The summed E-state index contributed by atoms with van der Waals surface area (Å²) >= 11 is 0. The standard InChI is InChI=1S/C6H10N4O2/c7-6(11)12-5-3-1-2-4(5)9-10-8/h4-5H,1-3H2,(H2,7,11). The number of amides is 1. The third-order valence-electron chi connectivity index (χ3n) is 1.89. The summed E-state index contributed by atoms with van der Waals surface area (Å²) in [6.45, 7) is 0. The van der Waals surface area contributed by atoms with Crippen LogP contribution in [0.5, 0.6) is 0 Å². The highest BCUT2D eigenvalue weighted by molar-refractivity contribution is 5.64. The maximum atomic E-state index is 10.4. The fourth-order valence-electron chi connectivity index (χ4n) is 1.39. The minimum absolute atomic E-state index is 0.234. The molecule has 6 heteroatoms. The zero-order chi connectivity index (χ0) is 8.97. The van der Waals surface area contributed by atoms with E-state index in [1.807, 2.05) is 0 Å². The normalized spacial score (nSPS) is 27.7. The van der Waals surface area contributed by atoms with Crippen molar-refractivity contribution >= 4 is 6.09 Å². The van der Waals surface area contributed by atoms with Gasteiger partial charge in [0.05, 0.1) is 6.04 Å². The second-order valence-corrected chi connectivity index (χ2v) is 2.68. The summed E-state index contributed by atoms with van der Waals surface area (Å²) in [5, 5.41) is 3.51. The number of rotatable bonds is 2. The molecule has 2 N–H and O–H groups in total. The first-order valence-electron chi connectivity index (χ1n) is 3.74. The number of nitrogens with two attached hydrogens (primary N) is 1. The van der Waals surface area contributed by atoms with Crippen molar-refractivity contribution in [3.63, 3.8) is 0 Å². The molecule has 0 aromatic rings. The van der Waals surface area contributed by atoms with Crippen LogP contribution in [0.25, 0.3) is 10.4 Å². The molecule has 0 heterocycles. The number of azide groups is 1. The maximum Gasteiger partial charge on any atom is 0.404 e. The molecule has 2 atom stereocenters. The van der Waals surface area contributed by atoms with Crippen molar-refractivity contribution in [2.45, 2.75) is 31.4 Å². The van der Waals surface area contributed by atoms with Gasteiger partial charge in [0.1, 0.15) is 6.10 Å². The van der Waals surface area contributed by atoms with E-state index in [2.05, 4.69) is 10.0 Å². The second kappa shape index (κ2) is 3.82. The molecule has 2 unspecified atom stereocenters. The molecule has 0 saturated heterocycles. The number of carbonyl (C=O) groups excluding carboxylic acids is 1. The molecule has 0 spiro atoms. The first-order valence-corrected chi connectivity index (χ1v) is 3.74. The van der Waals surface area contributed by atoms with E-state index in [4.69, 9.17) is 16.0 Å². The van der Waals surface area contributed by atoms with Crippen LogP contribution in [0.4, 0.5) is 4.79 Å². The highest BCUT2D eigenvalue weighted by Gasteiger charge is 2.28. The number of hydrogen-bond acceptors (Lipinski definition) is 3. The predicted molar refractivity (Wildman–Crippen MR) is 41.2 cm³/mol. The molecule has 0 aromatic carbocycles. The smallest absolute Gasteiger partial charge is 0.404 e. The molecular weight excluding hydrogens is 160 g/mol. The Balaban J connectivity index is 2.51. The number of nitrogens with zero attached hydrogens (tertiary/aromatic N) is 3. The van der Waals surface area contributed by atoms with E-state index in [-0.39, 0.29) is 12.1 Å². The molecule has 1 saturated carbocycles. The summed E-state index contributed by atoms with van der Waals surface area (Å²) in [6.07, 6.45) is 1.27. The first kappa shape index (κ1) is 8.67. The Morgan fingerprint density at radius 2 is 2.42 bits per heavy atom.